The lowest BCUT2D eigenvalue weighted by molar-refractivity contribution is 0.0995. The average molecular weight is 455 g/mol. The number of fused-ring (bicyclic) bond motifs is 1. The zero-order valence-corrected chi connectivity index (χ0v) is 18.5. The molecule has 0 aliphatic carbocycles. The summed E-state index contributed by atoms with van der Waals surface area (Å²) in [5, 5.41) is 7.10. The summed E-state index contributed by atoms with van der Waals surface area (Å²) < 4.78 is 13.4. The lowest BCUT2D eigenvalue weighted by atomic mass is 10.1. The molecule has 3 rings (SSSR count). The second-order valence-corrected chi connectivity index (χ2v) is 7.00. The predicted octanol–water partition coefficient (Wildman–Crippen LogP) is 1.57. The van der Waals surface area contributed by atoms with Gasteiger partial charge in [-0.2, -0.15) is 5.10 Å². The normalized spacial score (nSPS) is 11.1. The van der Waals surface area contributed by atoms with E-state index in [2.05, 4.69) is 20.1 Å². The number of carbonyl (C=O) groups is 3. The van der Waals surface area contributed by atoms with E-state index in [9.17, 15) is 14.4 Å². The number of allylic oxidation sites excluding steroid dienone is 1. The summed E-state index contributed by atoms with van der Waals surface area (Å²) >= 11 is 0. The molecule has 0 radical (unpaired) electrons. The van der Waals surface area contributed by atoms with Gasteiger partial charge >= 0.3 is 6.09 Å². The summed E-state index contributed by atoms with van der Waals surface area (Å²) in [5.74, 6) is -0.465. The van der Waals surface area contributed by atoms with Crippen molar-refractivity contribution in [1.82, 2.24) is 19.3 Å². The third kappa shape index (κ3) is 5.11. The third-order valence-electron chi connectivity index (χ3n) is 4.75. The maximum Gasteiger partial charge on any atom is 0.404 e. The molecule has 33 heavy (non-hydrogen) atoms. The summed E-state index contributed by atoms with van der Waals surface area (Å²) in [5.41, 5.74) is 12.6. The molecule has 0 saturated carbocycles. The van der Waals surface area contributed by atoms with Crippen LogP contribution in [-0.4, -0.2) is 51.0 Å². The van der Waals surface area contributed by atoms with Gasteiger partial charge in [-0.1, -0.05) is 6.08 Å². The van der Waals surface area contributed by atoms with E-state index in [1.807, 2.05) is 6.92 Å². The topological polar surface area (TPSA) is 169 Å². The van der Waals surface area contributed by atoms with Crippen LogP contribution in [0.3, 0.4) is 0 Å². The van der Waals surface area contributed by atoms with E-state index in [0.29, 0.717) is 34.7 Å². The minimum atomic E-state index is -0.885. The lowest BCUT2D eigenvalue weighted by Crippen LogP contribution is -2.20. The van der Waals surface area contributed by atoms with Crippen LogP contribution in [0.4, 0.5) is 10.7 Å². The molecular formula is C21H25N7O5. The number of primary amides is 2. The Kier molecular flexibility index (Phi) is 6.96. The fourth-order valence-corrected chi connectivity index (χ4v) is 3.31. The van der Waals surface area contributed by atoms with Crippen molar-refractivity contribution in [2.24, 2.45) is 11.5 Å². The Morgan fingerprint density at radius 2 is 1.94 bits per heavy atom. The summed E-state index contributed by atoms with van der Waals surface area (Å²) in [6.07, 6.45) is 2.42. The van der Waals surface area contributed by atoms with Crippen LogP contribution in [0.2, 0.25) is 0 Å². The van der Waals surface area contributed by atoms with Gasteiger partial charge in [-0.05, 0) is 38.1 Å². The van der Waals surface area contributed by atoms with Gasteiger partial charge < -0.3 is 25.5 Å². The first-order valence-corrected chi connectivity index (χ1v) is 10.1. The standard InChI is InChI=1S/C21H25N7O5/c1-4-28-15(9-12(2)26-28)19(30)25-21-24-14-10-13(18(22)29)11-16(32-3)17(14)27(21)7-5-6-8-33-20(23)31/h5-6,9-11H,4,7-8H2,1-3H3,(H2,22,29)(H2,23,31)(H,24,25,30)/b6-5+. The number of methoxy groups -OCH3 is 1. The zero-order chi connectivity index (χ0) is 24.1. The highest BCUT2D eigenvalue weighted by atomic mass is 16.5. The molecule has 12 heteroatoms. The Morgan fingerprint density at radius 3 is 2.58 bits per heavy atom. The van der Waals surface area contributed by atoms with E-state index in [1.165, 1.54) is 19.2 Å². The number of rotatable bonds is 9. The van der Waals surface area contributed by atoms with Crippen molar-refractivity contribution in [2.75, 3.05) is 19.0 Å². The predicted molar refractivity (Wildman–Crippen MR) is 120 cm³/mol. The van der Waals surface area contributed by atoms with Crippen LogP contribution in [0.1, 0.15) is 33.5 Å². The van der Waals surface area contributed by atoms with Gasteiger partial charge in [0, 0.05) is 18.7 Å². The number of benzene rings is 1. The van der Waals surface area contributed by atoms with Crippen LogP contribution in [0.25, 0.3) is 11.0 Å². The number of nitrogens with two attached hydrogens (primary N) is 2. The van der Waals surface area contributed by atoms with Crippen molar-refractivity contribution in [1.29, 1.82) is 0 Å². The molecule has 3 amide bonds. The van der Waals surface area contributed by atoms with Gasteiger partial charge in [0.1, 0.15) is 23.6 Å². The number of anilines is 1. The number of carbonyl (C=O) groups excluding carboxylic acids is 3. The molecule has 2 aromatic heterocycles. The quantitative estimate of drug-likeness (QED) is 0.411. The molecule has 0 unspecified atom stereocenters. The van der Waals surface area contributed by atoms with Gasteiger partial charge in [0.2, 0.25) is 11.9 Å². The molecular weight excluding hydrogens is 430 g/mol. The van der Waals surface area contributed by atoms with Crippen molar-refractivity contribution >= 4 is 34.9 Å². The Hall–Kier alpha value is -4.35. The molecule has 0 aliphatic heterocycles. The van der Waals surface area contributed by atoms with E-state index >= 15 is 0 Å². The molecule has 2 heterocycles. The second-order valence-electron chi connectivity index (χ2n) is 7.00. The van der Waals surface area contributed by atoms with E-state index in [-0.39, 0.29) is 24.7 Å². The van der Waals surface area contributed by atoms with Crippen LogP contribution in [0, 0.1) is 6.92 Å². The van der Waals surface area contributed by atoms with Crippen LogP contribution in [0.5, 0.6) is 5.75 Å². The average Bonchev–Trinajstić information content (AvgIpc) is 3.32. The van der Waals surface area contributed by atoms with Crippen molar-refractivity contribution in [3.63, 3.8) is 0 Å². The van der Waals surface area contributed by atoms with Crippen LogP contribution in [0.15, 0.2) is 30.4 Å². The van der Waals surface area contributed by atoms with Crippen LogP contribution >= 0.6 is 0 Å². The number of hydrogen-bond acceptors (Lipinski definition) is 7. The molecule has 0 atom stereocenters. The Bertz CT molecular complexity index is 1240. The van der Waals surface area contributed by atoms with Gasteiger partial charge in [-0.3, -0.25) is 19.6 Å². The van der Waals surface area contributed by atoms with Crippen LogP contribution in [-0.2, 0) is 17.8 Å². The number of imidazole rings is 1. The van der Waals surface area contributed by atoms with Gasteiger partial charge in [-0.25, -0.2) is 9.78 Å². The Labute approximate surface area is 189 Å². The van der Waals surface area contributed by atoms with Crippen molar-refractivity contribution in [2.45, 2.75) is 26.9 Å². The molecule has 1 aromatic carbocycles. The first kappa shape index (κ1) is 23.3. The highest BCUT2D eigenvalue weighted by molar-refractivity contribution is 6.04. The Balaban J connectivity index is 2.04. The Morgan fingerprint density at radius 1 is 1.18 bits per heavy atom. The molecule has 0 aliphatic rings. The highest BCUT2D eigenvalue weighted by Gasteiger charge is 2.21. The molecule has 12 nitrogen and oxygen atoms in total. The number of aryl methyl sites for hydroxylation is 2. The second kappa shape index (κ2) is 9.85. The maximum atomic E-state index is 13.0. The van der Waals surface area contributed by atoms with Crippen LogP contribution < -0.4 is 21.5 Å². The molecule has 3 aromatic rings. The van der Waals surface area contributed by atoms with Crippen molar-refractivity contribution < 1.29 is 23.9 Å². The third-order valence-corrected chi connectivity index (χ3v) is 4.75. The molecule has 0 spiro atoms. The first-order valence-electron chi connectivity index (χ1n) is 10.1. The van der Waals surface area contributed by atoms with E-state index < -0.39 is 17.9 Å². The molecule has 0 saturated heterocycles. The van der Waals surface area contributed by atoms with E-state index in [0.717, 1.165) is 0 Å². The van der Waals surface area contributed by atoms with Crippen molar-refractivity contribution in [3.8, 4) is 5.75 Å². The van der Waals surface area contributed by atoms with Gasteiger partial charge in [-0.15, -0.1) is 0 Å². The number of amides is 3. The fraction of sp³-hybridized carbons (Fsp3) is 0.286. The van der Waals surface area contributed by atoms with Crippen molar-refractivity contribution in [3.05, 3.63) is 47.3 Å². The summed E-state index contributed by atoms with van der Waals surface area (Å²) in [6, 6.07) is 4.70. The van der Waals surface area contributed by atoms with E-state index in [1.54, 1.807) is 34.4 Å². The summed E-state index contributed by atoms with van der Waals surface area (Å²) in [6.45, 7) is 4.43. The lowest BCUT2D eigenvalue weighted by Gasteiger charge is -2.11. The summed E-state index contributed by atoms with van der Waals surface area (Å²) in [4.78, 5) is 40.0. The maximum absolute atomic E-state index is 13.0. The molecule has 174 valence electrons. The number of aromatic nitrogens is 4. The highest BCUT2D eigenvalue weighted by Crippen LogP contribution is 2.31. The van der Waals surface area contributed by atoms with Gasteiger partial charge in [0.05, 0.1) is 18.3 Å². The number of nitrogens with zero attached hydrogens (tertiary/aromatic N) is 4. The summed E-state index contributed by atoms with van der Waals surface area (Å²) in [7, 11) is 1.45. The number of hydrogen-bond donors (Lipinski definition) is 3. The largest absolute Gasteiger partial charge is 0.494 e. The minimum absolute atomic E-state index is 0.0123. The number of ether oxygens (including phenoxy) is 2. The monoisotopic (exact) mass is 455 g/mol. The van der Waals surface area contributed by atoms with Gasteiger partial charge in [0.25, 0.3) is 5.91 Å². The molecule has 0 bridgehead atoms. The first-order chi connectivity index (χ1) is 15.7. The van der Waals surface area contributed by atoms with E-state index in [4.69, 9.17) is 16.2 Å². The smallest absolute Gasteiger partial charge is 0.404 e. The molecule has 5 N–H and O–H groups in total. The minimum Gasteiger partial charge on any atom is -0.494 e. The molecule has 0 fully saturated rings. The SMILES string of the molecule is CCn1nc(C)cc1C(=O)Nc1nc2cc(C(N)=O)cc(OC)c2n1C/C=C/COC(N)=O. The number of nitrogens with one attached hydrogen (secondary N) is 1. The fourth-order valence-electron chi connectivity index (χ4n) is 3.31. The zero-order valence-electron chi connectivity index (χ0n) is 18.5. The van der Waals surface area contributed by atoms with Gasteiger partial charge in [0.15, 0.2) is 0 Å².